The number of rotatable bonds is 5. The van der Waals surface area contributed by atoms with Crippen LogP contribution in [0.1, 0.15) is 68.1 Å². The maximum absolute atomic E-state index is 13.2. The number of hydrogen-bond acceptors (Lipinski definition) is 3. The molecule has 150 valence electrons. The molecule has 1 amide bonds. The van der Waals surface area contributed by atoms with E-state index in [-0.39, 0.29) is 29.3 Å². The molecule has 0 spiro atoms. The quantitative estimate of drug-likeness (QED) is 0.786. The molecule has 1 aromatic rings. The minimum Gasteiger partial charge on any atom is -0.455 e. The number of benzene rings is 1. The third-order valence-electron chi connectivity index (χ3n) is 7.89. The second kappa shape index (κ2) is 6.33. The molecular weight excluding hydrogens is 350 g/mol. The van der Waals surface area contributed by atoms with Crippen molar-refractivity contribution >= 4 is 11.9 Å². The van der Waals surface area contributed by atoms with Crippen LogP contribution in [0, 0.1) is 31.1 Å². The van der Waals surface area contributed by atoms with Crippen LogP contribution in [-0.2, 0) is 19.7 Å². The van der Waals surface area contributed by atoms with Crippen LogP contribution in [0.25, 0.3) is 0 Å². The Hall–Kier alpha value is -1.84. The van der Waals surface area contributed by atoms with Crippen molar-refractivity contribution in [1.29, 1.82) is 0 Å². The Balaban J connectivity index is 1.37. The zero-order chi connectivity index (χ0) is 19.5. The number of hydrogen-bond donors (Lipinski definition) is 1. The first-order chi connectivity index (χ1) is 13.4. The monoisotopic (exact) mass is 381 g/mol. The van der Waals surface area contributed by atoms with Gasteiger partial charge in [-0.15, -0.1) is 0 Å². The number of ether oxygens (including phenoxy) is 1. The zero-order valence-corrected chi connectivity index (χ0v) is 17.1. The minimum absolute atomic E-state index is 0.109. The van der Waals surface area contributed by atoms with E-state index in [1.165, 1.54) is 36.0 Å². The van der Waals surface area contributed by atoms with Crippen LogP contribution < -0.4 is 5.32 Å². The summed E-state index contributed by atoms with van der Waals surface area (Å²) in [7, 11) is 0. The average Bonchev–Trinajstić information content (AvgIpc) is 3.44. The van der Waals surface area contributed by atoms with E-state index >= 15 is 0 Å². The third kappa shape index (κ3) is 3.05. The number of aryl methyl sites for hydroxylation is 2. The molecule has 0 saturated heterocycles. The minimum atomic E-state index is -0.386. The highest BCUT2D eigenvalue weighted by atomic mass is 16.5. The summed E-state index contributed by atoms with van der Waals surface area (Å²) < 4.78 is 5.59. The van der Waals surface area contributed by atoms with Crippen molar-refractivity contribution in [3.63, 3.8) is 0 Å². The van der Waals surface area contributed by atoms with Gasteiger partial charge in [-0.2, -0.15) is 0 Å². The maximum Gasteiger partial charge on any atom is 0.312 e. The molecule has 0 aromatic heterocycles. The van der Waals surface area contributed by atoms with Crippen molar-refractivity contribution < 1.29 is 14.3 Å². The summed E-state index contributed by atoms with van der Waals surface area (Å²) in [5, 5.41) is 2.91. The Morgan fingerprint density at radius 1 is 1.07 bits per heavy atom. The summed E-state index contributed by atoms with van der Waals surface area (Å²) >= 11 is 0. The van der Waals surface area contributed by atoms with Crippen molar-refractivity contribution in [2.75, 3.05) is 6.61 Å². The molecule has 4 bridgehead atoms. The molecule has 2 atom stereocenters. The van der Waals surface area contributed by atoms with Crippen LogP contribution in [-0.4, -0.2) is 24.5 Å². The molecule has 0 radical (unpaired) electrons. The standard InChI is InChI=1S/C24H31NO3/c1-15-3-4-19(7-16(15)2)23-9-17-8-18(10-23)12-24(11-17,14-23)22(27)28-13-21(26)25-20-5-6-20/h3-4,7,17-18,20H,5-6,8-14H2,1-2H3,(H,25,26). The first-order valence-corrected chi connectivity index (χ1v) is 10.9. The van der Waals surface area contributed by atoms with Crippen molar-refractivity contribution in [1.82, 2.24) is 5.32 Å². The number of nitrogens with one attached hydrogen (secondary N) is 1. The first kappa shape index (κ1) is 18.2. The topological polar surface area (TPSA) is 55.4 Å². The van der Waals surface area contributed by atoms with Gasteiger partial charge in [-0.25, -0.2) is 0 Å². The largest absolute Gasteiger partial charge is 0.455 e. The number of esters is 1. The maximum atomic E-state index is 13.2. The van der Waals surface area contributed by atoms with E-state index in [0.29, 0.717) is 17.9 Å². The van der Waals surface area contributed by atoms with Gasteiger partial charge in [-0.05, 0) is 99.2 Å². The lowest BCUT2D eigenvalue weighted by Gasteiger charge is -2.61. The van der Waals surface area contributed by atoms with E-state index < -0.39 is 0 Å². The Morgan fingerprint density at radius 2 is 1.79 bits per heavy atom. The number of carbonyl (C=O) groups excluding carboxylic acids is 2. The highest BCUT2D eigenvalue weighted by Crippen LogP contribution is 2.66. The van der Waals surface area contributed by atoms with Crippen molar-refractivity contribution in [2.24, 2.45) is 17.3 Å². The molecule has 0 aliphatic heterocycles. The fourth-order valence-corrected chi connectivity index (χ4v) is 6.69. The highest BCUT2D eigenvalue weighted by molar-refractivity contribution is 5.83. The Labute approximate surface area is 167 Å². The van der Waals surface area contributed by atoms with Gasteiger partial charge >= 0.3 is 5.97 Å². The summed E-state index contributed by atoms with van der Waals surface area (Å²) in [6, 6.07) is 7.18. The summed E-state index contributed by atoms with van der Waals surface area (Å²) in [6.45, 7) is 4.22. The predicted molar refractivity (Wildman–Crippen MR) is 107 cm³/mol. The Morgan fingerprint density at radius 3 is 2.43 bits per heavy atom. The van der Waals surface area contributed by atoms with Gasteiger partial charge in [-0.3, -0.25) is 9.59 Å². The van der Waals surface area contributed by atoms with Crippen LogP contribution in [0.5, 0.6) is 0 Å². The predicted octanol–water partition coefficient (Wildman–Crippen LogP) is 3.96. The van der Waals surface area contributed by atoms with Gasteiger partial charge in [0, 0.05) is 6.04 Å². The zero-order valence-electron chi connectivity index (χ0n) is 17.1. The molecule has 1 N–H and O–H groups in total. The summed E-state index contributed by atoms with van der Waals surface area (Å²) in [4.78, 5) is 25.2. The second-order valence-electron chi connectivity index (χ2n) is 10.2. The molecule has 6 rings (SSSR count). The normalized spacial score (nSPS) is 35.6. The number of amides is 1. The van der Waals surface area contributed by atoms with Gasteiger partial charge in [0.25, 0.3) is 5.91 Å². The van der Waals surface area contributed by atoms with Gasteiger partial charge in [0.2, 0.25) is 0 Å². The Kier molecular flexibility index (Phi) is 4.12. The lowest BCUT2D eigenvalue weighted by Crippen LogP contribution is -2.57. The molecule has 4 nitrogen and oxygen atoms in total. The molecule has 5 aliphatic rings. The summed E-state index contributed by atoms with van der Waals surface area (Å²) in [5.41, 5.74) is 3.79. The molecule has 1 aromatic carbocycles. The molecule has 4 heteroatoms. The molecule has 5 saturated carbocycles. The lowest BCUT2D eigenvalue weighted by atomic mass is 9.43. The van der Waals surface area contributed by atoms with E-state index in [1.807, 2.05) is 0 Å². The van der Waals surface area contributed by atoms with Gasteiger partial charge in [0.1, 0.15) is 0 Å². The fraction of sp³-hybridized carbons (Fsp3) is 0.667. The highest BCUT2D eigenvalue weighted by Gasteiger charge is 2.61. The van der Waals surface area contributed by atoms with Gasteiger partial charge in [0.15, 0.2) is 6.61 Å². The van der Waals surface area contributed by atoms with Gasteiger partial charge < -0.3 is 10.1 Å². The van der Waals surface area contributed by atoms with E-state index in [0.717, 1.165) is 32.1 Å². The molecule has 28 heavy (non-hydrogen) atoms. The molecule has 5 aliphatic carbocycles. The van der Waals surface area contributed by atoms with Crippen molar-refractivity contribution in [3.8, 4) is 0 Å². The van der Waals surface area contributed by atoms with E-state index in [1.54, 1.807) is 0 Å². The van der Waals surface area contributed by atoms with Crippen molar-refractivity contribution in [2.45, 2.75) is 76.7 Å². The van der Waals surface area contributed by atoms with E-state index in [9.17, 15) is 9.59 Å². The van der Waals surface area contributed by atoms with E-state index in [4.69, 9.17) is 4.74 Å². The fourth-order valence-electron chi connectivity index (χ4n) is 6.69. The van der Waals surface area contributed by atoms with Gasteiger partial charge in [-0.1, -0.05) is 18.2 Å². The first-order valence-electron chi connectivity index (χ1n) is 10.9. The van der Waals surface area contributed by atoms with Crippen LogP contribution >= 0.6 is 0 Å². The Bertz CT molecular complexity index is 811. The van der Waals surface area contributed by atoms with Crippen molar-refractivity contribution in [3.05, 3.63) is 34.9 Å². The average molecular weight is 382 g/mol. The summed E-state index contributed by atoms with van der Waals surface area (Å²) in [6.07, 6.45) is 8.52. The third-order valence-corrected chi connectivity index (χ3v) is 7.89. The second-order valence-corrected chi connectivity index (χ2v) is 10.2. The number of carbonyl (C=O) groups is 2. The smallest absolute Gasteiger partial charge is 0.312 e. The molecular formula is C24H31NO3. The van der Waals surface area contributed by atoms with Crippen LogP contribution in [0.4, 0.5) is 0 Å². The summed E-state index contributed by atoms with van der Waals surface area (Å²) in [5.74, 6) is 0.941. The van der Waals surface area contributed by atoms with Crippen LogP contribution in [0.15, 0.2) is 18.2 Å². The van der Waals surface area contributed by atoms with Gasteiger partial charge in [0.05, 0.1) is 5.41 Å². The lowest BCUT2D eigenvalue weighted by molar-refractivity contribution is -0.175. The van der Waals surface area contributed by atoms with Crippen LogP contribution in [0.2, 0.25) is 0 Å². The molecule has 0 heterocycles. The van der Waals surface area contributed by atoms with Crippen LogP contribution in [0.3, 0.4) is 0 Å². The van der Waals surface area contributed by atoms with E-state index in [2.05, 4.69) is 37.4 Å². The SMILES string of the molecule is Cc1ccc(C23CC4CC(CC(C(=O)OCC(=O)NC5CC5)(C4)C2)C3)cc1C. The molecule has 5 fully saturated rings. The molecule has 2 unspecified atom stereocenters.